The summed E-state index contributed by atoms with van der Waals surface area (Å²) in [5.41, 5.74) is -1.54. The second kappa shape index (κ2) is 10.4. The molecule has 0 fully saturated rings. The van der Waals surface area contributed by atoms with Gasteiger partial charge in [0.2, 0.25) is 0 Å². The summed E-state index contributed by atoms with van der Waals surface area (Å²) in [6.45, 7) is 0.527. The number of halogens is 4. The van der Waals surface area contributed by atoms with Gasteiger partial charge in [-0.05, 0) is 42.5 Å². The maximum Gasteiger partial charge on any atom is 0.417 e. The zero-order valence-electron chi connectivity index (χ0n) is 15.7. The van der Waals surface area contributed by atoms with Crippen molar-refractivity contribution in [3.05, 3.63) is 64.8 Å². The first-order valence-corrected chi connectivity index (χ1v) is 8.91. The fraction of sp³-hybridized carbons (Fsp3) is 0.200. The third kappa shape index (κ3) is 6.60. The molecule has 2 rings (SSSR count). The molecule has 0 aromatic heterocycles. The smallest absolute Gasteiger partial charge is 0.417 e. The van der Waals surface area contributed by atoms with Gasteiger partial charge in [-0.2, -0.15) is 18.4 Å². The monoisotopic (exact) mass is 439 g/mol. The van der Waals surface area contributed by atoms with Crippen molar-refractivity contribution in [1.29, 1.82) is 5.26 Å². The molecule has 10 heteroatoms. The van der Waals surface area contributed by atoms with Crippen molar-refractivity contribution in [3.8, 4) is 17.6 Å². The van der Waals surface area contributed by atoms with Crippen LogP contribution in [0, 0.1) is 11.3 Å². The van der Waals surface area contributed by atoms with Gasteiger partial charge < -0.3 is 20.1 Å². The number of nitrogens with zero attached hydrogens (tertiary/aromatic N) is 1. The minimum absolute atomic E-state index is 0.138. The molecular formula is C20H17ClF3N3O3. The standard InChI is InChI=1S/C20H17ClF3N3O3/c1-29-15-3-5-16(6-4-15)30-9-8-26-12-13(11-25)19(28)27-14-2-7-18(21)17(10-14)20(22,23)24/h2-7,10,12,26H,8-9H2,1H3,(H,27,28)/b13-12-. The fourth-order valence-corrected chi connectivity index (χ4v) is 2.47. The molecule has 30 heavy (non-hydrogen) atoms. The van der Waals surface area contributed by atoms with E-state index in [4.69, 9.17) is 26.3 Å². The summed E-state index contributed by atoms with van der Waals surface area (Å²) in [5, 5.41) is 13.6. The van der Waals surface area contributed by atoms with Gasteiger partial charge in [-0.3, -0.25) is 4.79 Å². The molecule has 0 aliphatic heterocycles. The van der Waals surface area contributed by atoms with Crippen molar-refractivity contribution in [1.82, 2.24) is 5.32 Å². The number of carbonyl (C=O) groups is 1. The van der Waals surface area contributed by atoms with Crippen molar-refractivity contribution in [3.63, 3.8) is 0 Å². The Morgan fingerprint density at radius 3 is 2.47 bits per heavy atom. The molecule has 0 unspecified atom stereocenters. The van der Waals surface area contributed by atoms with E-state index in [2.05, 4.69) is 10.6 Å². The average Bonchev–Trinajstić information content (AvgIpc) is 2.71. The van der Waals surface area contributed by atoms with Gasteiger partial charge in [-0.15, -0.1) is 0 Å². The summed E-state index contributed by atoms with van der Waals surface area (Å²) in [4.78, 5) is 12.1. The minimum atomic E-state index is -4.67. The average molecular weight is 440 g/mol. The van der Waals surface area contributed by atoms with Crippen LogP contribution in [0.4, 0.5) is 18.9 Å². The number of rotatable bonds is 8. The fourth-order valence-electron chi connectivity index (χ4n) is 2.24. The number of methoxy groups -OCH3 is 1. The van der Waals surface area contributed by atoms with Crippen molar-refractivity contribution in [2.45, 2.75) is 6.18 Å². The number of hydrogen-bond donors (Lipinski definition) is 2. The van der Waals surface area contributed by atoms with E-state index < -0.39 is 22.7 Å². The molecule has 158 valence electrons. The number of benzene rings is 2. The molecule has 0 bridgehead atoms. The van der Waals surface area contributed by atoms with Gasteiger partial charge in [0.15, 0.2) is 0 Å². The number of nitrogens with one attached hydrogen (secondary N) is 2. The van der Waals surface area contributed by atoms with Gasteiger partial charge in [0.05, 0.1) is 17.7 Å². The summed E-state index contributed by atoms with van der Waals surface area (Å²) >= 11 is 5.54. The molecule has 0 spiro atoms. The Morgan fingerprint density at radius 1 is 1.20 bits per heavy atom. The number of alkyl halides is 3. The molecule has 0 atom stereocenters. The second-order valence-corrected chi connectivity index (χ2v) is 6.20. The van der Waals surface area contributed by atoms with Crippen molar-refractivity contribution >= 4 is 23.2 Å². The minimum Gasteiger partial charge on any atom is -0.497 e. The molecule has 1 amide bonds. The Balaban J connectivity index is 1.89. The highest BCUT2D eigenvalue weighted by atomic mass is 35.5. The molecule has 0 heterocycles. The molecule has 0 aliphatic rings. The van der Waals surface area contributed by atoms with Crippen LogP contribution in [0.3, 0.4) is 0 Å². The highest BCUT2D eigenvalue weighted by Gasteiger charge is 2.33. The van der Waals surface area contributed by atoms with Gasteiger partial charge in [-0.1, -0.05) is 11.6 Å². The van der Waals surface area contributed by atoms with Crippen LogP contribution in [0.2, 0.25) is 5.02 Å². The molecule has 2 N–H and O–H groups in total. The lowest BCUT2D eigenvalue weighted by atomic mass is 10.2. The van der Waals surface area contributed by atoms with Gasteiger partial charge in [0.1, 0.15) is 29.7 Å². The highest BCUT2D eigenvalue weighted by Crippen LogP contribution is 2.36. The largest absolute Gasteiger partial charge is 0.497 e. The Bertz CT molecular complexity index is 954. The number of ether oxygens (including phenoxy) is 2. The zero-order valence-corrected chi connectivity index (χ0v) is 16.5. The van der Waals surface area contributed by atoms with Crippen LogP contribution >= 0.6 is 11.6 Å². The first-order chi connectivity index (χ1) is 14.2. The topological polar surface area (TPSA) is 83.4 Å². The van der Waals surface area contributed by atoms with Crippen LogP contribution in [-0.4, -0.2) is 26.2 Å². The van der Waals surface area contributed by atoms with Crippen LogP contribution in [0.25, 0.3) is 0 Å². The molecular weight excluding hydrogens is 423 g/mol. The van der Waals surface area contributed by atoms with Crippen LogP contribution in [0.1, 0.15) is 5.56 Å². The zero-order chi connectivity index (χ0) is 22.1. The predicted octanol–water partition coefficient (Wildman–Crippen LogP) is 4.38. The molecule has 0 radical (unpaired) electrons. The summed E-state index contributed by atoms with van der Waals surface area (Å²) in [6, 6.07) is 11.5. The van der Waals surface area contributed by atoms with E-state index in [1.807, 2.05) is 0 Å². The number of nitriles is 1. The quantitative estimate of drug-likeness (QED) is 0.362. The van der Waals surface area contributed by atoms with E-state index in [0.717, 1.165) is 12.3 Å². The lowest BCUT2D eigenvalue weighted by molar-refractivity contribution is -0.137. The van der Waals surface area contributed by atoms with Crippen LogP contribution in [0.5, 0.6) is 11.5 Å². The van der Waals surface area contributed by atoms with Gasteiger partial charge in [0, 0.05) is 18.4 Å². The molecule has 0 saturated carbocycles. The lowest BCUT2D eigenvalue weighted by Gasteiger charge is -2.11. The predicted molar refractivity (Wildman–Crippen MR) is 105 cm³/mol. The van der Waals surface area contributed by atoms with E-state index in [1.165, 1.54) is 6.07 Å². The SMILES string of the molecule is COc1ccc(OCCN/C=C(/C#N)C(=O)Nc2ccc(Cl)c(C(F)(F)F)c2)cc1. The van der Waals surface area contributed by atoms with E-state index in [0.29, 0.717) is 17.6 Å². The first kappa shape index (κ1) is 22.9. The molecule has 6 nitrogen and oxygen atoms in total. The van der Waals surface area contributed by atoms with Gasteiger partial charge in [0.25, 0.3) is 5.91 Å². The van der Waals surface area contributed by atoms with Crippen molar-refractivity contribution in [2.75, 3.05) is 25.6 Å². The number of anilines is 1. The summed E-state index contributed by atoms with van der Waals surface area (Å²) in [6.07, 6.45) is -3.51. The van der Waals surface area contributed by atoms with Gasteiger partial charge >= 0.3 is 6.18 Å². The summed E-state index contributed by atoms with van der Waals surface area (Å²) in [5.74, 6) is 0.440. The Labute approximate surface area is 175 Å². The van der Waals surface area contributed by atoms with Crippen LogP contribution in [0.15, 0.2) is 54.2 Å². The Hall–Kier alpha value is -3.38. The van der Waals surface area contributed by atoms with E-state index >= 15 is 0 Å². The maximum absolute atomic E-state index is 12.9. The van der Waals surface area contributed by atoms with Crippen molar-refractivity contribution < 1.29 is 27.4 Å². The Kier molecular flexibility index (Phi) is 7.95. The maximum atomic E-state index is 12.9. The Morgan fingerprint density at radius 2 is 1.87 bits per heavy atom. The van der Waals surface area contributed by atoms with E-state index in [9.17, 15) is 18.0 Å². The number of amides is 1. The van der Waals surface area contributed by atoms with Crippen LogP contribution in [-0.2, 0) is 11.0 Å². The highest BCUT2D eigenvalue weighted by molar-refractivity contribution is 6.31. The molecule has 2 aromatic carbocycles. The second-order valence-electron chi connectivity index (χ2n) is 5.79. The van der Waals surface area contributed by atoms with E-state index in [-0.39, 0.29) is 24.4 Å². The number of hydrogen-bond acceptors (Lipinski definition) is 5. The molecule has 0 saturated heterocycles. The van der Waals surface area contributed by atoms with Crippen LogP contribution < -0.4 is 20.1 Å². The van der Waals surface area contributed by atoms with Crippen molar-refractivity contribution in [2.24, 2.45) is 0 Å². The normalized spacial score (nSPS) is 11.4. The summed E-state index contributed by atoms with van der Waals surface area (Å²) in [7, 11) is 1.55. The summed E-state index contributed by atoms with van der Waals surface area (Å²) < 4.78 is 49.2. The molecule has 2 aromatic rings. The third-order valence-corrected chi connectivity index (χ3v) is 4.05. The third-order valence-electron chi connectivity index (χ3n) is 3.72. The van der Waals surface area contributed by atoms with E-state index in [1.54, 1.807) is 37.4 Å². The molecule has 0 aliphatic carbocycles. The van der Waals surface area contributed by atoms with Gasteiger partial charge in [-0.25, -0.2) is 0 Å². The number of carbonyl (C=O) groups excluding carboxylic acids is 1. The first-order valence-electron chi connectivity index (χ1n) is 8.53. The lowest BCUT2D eigenvalue weighted by Crippen LogP contribution is -2.20.